The smallest absolute Gasteiger partial charge is 0.354 e. The lowest BCUT2D eigenvalue weighted by atomic mass is 10.0. The molecule has 2 heterocycles. The fourth-order valence-electron chi connectivity index (χ4n) is 1.80. The summed E-state index contributed by atoms with van der Waals surface area (Å²) in [7, 11) is 0. The number of rotatable bonds is 3. The molecule has 5 heteroatoms. The highest BCUT2D eigenvalue weighted by Crippen LogP contribution is 2.20. The summed E-state index contributed by atoms with van der Waals surface area (Å²) in [4.78, 5) is 15.6. The van der Waals surface area contributed by atoms with Crippen molar-refractivity contribution in [1.29, 1.82) is 0 Å². The predicted molar refractivity (Wildman–Crippen MR) is 63.4 cm³/mol. The van der Waals surface area contributed by atoms with Crippen molar-refractivity contribution in [3.05, 3.63) is 29.2 Å². The number of hydrogen-bond donors (Lipinski definition) is 1. The highest BCUT2D eigenvalue weighted by atomic mass is 16.4. The van der Waals surface area contributed by atoms with E-state index >= 15 is 0 Å². The molecule has 0 bridgehead atoms. The fourth-order valence-corrected chi connectivity index (χ4v) is 1.80. The molecule has 0 aliphatic heterocycles. The Hall–Kier alpha value is -1.91. The Morgan fingerprint density at radius 3 is 2.76 bits per heavy atom. The van der Waals surface area contributed by atoms with Gasteiger partial charge in [-0.3, -0.25) is 0 Å². The molecule has 5 nitrogen and oxygen atoms in total. The van der Waals surface area contributed by atoms with Gasteiger partial charge < -0.3 is 5.11 Å². The van der Waals surface area contributed by atoms with E-state index in [0.717, 1.165) is 12.1 Å². The zero-order valence-electron chi connectivity index (χ0n) is 10.1. The van der Waals surface area contributed by atoms with E-state index in [4.69, 9.17) is 0 Å². The summed E-state index contributed by atoms with van der Waals surface area (Å²) in [5, 5.41) is 13.6. The number of hydrogen-bond acceptors (Lipinski definition) is 3. The van der Waals surface area contributed by atoms with Gasteiger partial charge in [-0.25, -0.2) is 14.3 Å². The number of carboxylic acids is 1. The van der Waals surface area contributed by atoms with Crippen LogP contribution in [0.4, 0.5) is 0 Å². The third-order valence-corrected chi connectivity index (χ3v) is 2.75. The van der Waals surface area contributed by atoms with Crippen LogP contribution >= 0.6 is 0 Å². The summed E-state index contributed by atoms with van der Waals surface area (Å²) < 4.78 is 1.43. The molecule has 0 aliphatic rings. The van der Waals surface area contributed by atoms with E-state index in [1.807, 2.05) is 26.8 Å². The number of nitrogens with zero attached hydrogens (tertiary/aromatic N) is 3. The van der Waals surface area contributed by atoms with Gasteiger partial charge in [-0.05, 0) is 12.3 Å². The Kier molecular flexibility index (Phi) is 2.83. The van der Waals surface area contributed by atoms with Crippen molar-refractivity contribution in [2.24, 2.45) is 0 Å². The van der Waals surface area contributed by atoms with Crippen LogP contribution in [0.1, 0.15) is 48.4 Å². The quantitative estimate of drug-likeness (QED) is 0.881. The molecule has 0 saturated heterocycles. The highest BCUT2D eigenvalue weighted by molar-refractivity contribution is 5.88. The largest absolute Gasteiger partial charge is 0.476 e. The number of aryl methyl sites for hydroxylation is 1. The van der Waals surface area contributed by atoms with Gasteiger partial charge in [0, 0.05) is 17.8 Å². The van der Waals surface area contributed by atoms with Crippen LogP contribution in [-0.2, 0) is 6.42 Å². The molecule has 1 N–H and O–H groups in total. The van der Waals surface area contributed by atoms with Gasteiger partial charge in [-0.1, -0.05) is 20.8 Å². The molecular formula is C12H15N3O2. The highest BCUT2D eigenvalue weighted by Gasteiger charge is 2.19. The average Bonchev–Trinajstić information content (AvgIpc) is 2.69. The van der Waals surface area contributed by atoms with Crippen LogP contribution in [0.3, 0.4) is 0 Å². The van der Waals surface area contributed by atoms with Gasteiger partial charge in [0.05, 0.1) is 5.69 Å². The molecule has 90 valence electrons. The summed E-state index contributed by atoms with van der Waals surface area (Å²) >= 11 is 0. The van der Waals surface area contributed by atoms with Gasteiger partial charge >= 0.3 is 5.97 Å². The molecule has 0 atom stereocenters. The SMILES string of the molecule is CCc1cc2ncc(C(C)C)c(C(=O)O)n2n1. The lowest BCUT2D eigenvalue weighted by molar-refractivity contribution is 0.0685. The van der Waals surface area contributed by atoms with Crippen LogP contribution in [0.5, 0.6) is 0 Å². The van der Waals surface area contributed by atoms with Crippen molar-refractivity contribution in [3.8, 4) is 0 Å². The molecule has 0 unspecified atom stereocenters. The molecular weight excluding hydrogens is 218 g/mol. The summed E-state index contributed by atoms with van der Waals surface area (Å²) in [5.74, 6) is -0.862. The predicted octanol–water partition coefficient (Wildman–Crippen LogP) is 2.11. The first kappa shape index (κ1) is 11.6. The zero-order chi connectivity index (χ0) is 12.6. The van der Waals surface area contributed by atoms with Crippen LogP contribution in [0.25, 0.3) is 5.65 Å². The normalized spacial score (nSPS) is 11.3. The Morgan fingerprint density at radius 2 is 2.24 bits per heavy atom. The van der Waals surface area contributed by atoms with E-state index in [9.17, 15) is 9.90 Å². The van der Waals surface area contributed by atoms with E-state index < -0.39 is 5.97 Å². The lowest BCUT2D eigenvalue weighted by Gasteiger charge is -2.09. The molecule has 0 saturated carbocycles. The second-order valence-corrected chi connectivity index (χ2v) is 4.28. The number of carbonyl (C=O) groups is 1. The topological polar surface area (TPSA) is 67.5 Å². The minimum absolute atomic E-state index is 0.104. The average molecular weight is 233 g/mol. The molecule has 2 aromatic heterocycles. The van der Waals surface area contributed by atoms with Crippen LogP contribution in [0, 0.1) is 0 Å². The maximum Gasteiger partial charge on any atom is 0.354 e. The first-order chi connectivity index (χ1) is 8.04. The zero-order valence-corrected chi connectivity index (χ0v) is 10.1. The monoisotopic (exact) mass is 233 g/mol. The van der Waals surface area contributed by atoms with Crippen LogP contribution < -0.4 is 0 Å². The first-order valence-electron chi connectivity index (χ1n) is 5.65. The van der Waals surface area contributed by atoms with Gasteiger partial charge in [0.2, 0.25) is 0 Å². The van der Waals surface area contributed by atoms with Crippen LogP contribution in [0.2, 0.25) is 0 Å². The number of fused-ring (bicyclic) bond motifs is 1. The van der Waals surface area contributed by atoms with Crippen LogP contribution in [0.15, 0.2) is 12.3 Å². The molecule has 0 amide bonds. The molecule has 0 radical (unpaired) electrons. The maximum absolute atomic E-state index is 11.3. The van der Waals surface area contributed by atoms with E-state index in [0.29, 0.717) is 11.2 Å². The molecule has 17 heavy (non-hydrogen) atoms. The Morgan fingerprint density at radius 1 is 1.53 bits per heavy atom. The van der Waals surface area contributed by atoms with Gasteiger partial charge in [0.25, 0.3) is 0 Å². The van der Waals surface area contributed by atoms with Gasteiger partial charge in [-0.15, -0.1) is 0 Å². The molecule has 0 aliphatic carbocycles. The number of aromatic carboxylic acids is 1. The molecule has 2 rings (SSSR count). The summed E-state index contributed by atoms with van der Waals surface area (Å²) in [6.07, 6.45) is 2.39. The van der Waals surface area contributed by atoms with Crippen molar-refractivity contribution < 1.29 is 9.90 Å². The van der Waals surface area contributed by atoms with E-state index in [-0.39, 0.29) is 11.6 Å². The number of carboxylic acid groups (broad SMARTS) is 1. The fraction of sp³-hybridized carbons (Fsp3) is 0.417. The second-order valence-electron chi connectivity index (χ2n) is 4.28. The molecule has 2 aromatic rings. The lowest BCUT2D eigenvalue weighted by Crippen LogP contribution is -2.13. The van der Waals surface area contributed by atoms with Gasteiger partial charge in [0.15, 0.2) is 11.3 Å². The summed E-state index contributed by atoms with van der Waals surface area (Å²) in [6.45, 7) is 5.87. The molecule has 0 aromatic carbocycles. The maximum atomic E-state index is 11.3. The third kappa shape index (κ3) is 1.88. The van der Waals surface area contributed by atoms with Crippen LogP contribution in [-0.4, -0.2) is 25.7 Å². The van der Waals surface area contributed by atoms with E-state index in [1.54, 1.807) is 6.20 Å². The minimum Gasteiger partial charge on any atom is -0.476 e. The van der Waals surface area contributed by atoms with Crippen molar-refractivity contribution in [3.63, 3.8) is 0 Å². The molecule has 0 fully saturated rings. The third-order valence-electron chi connectivity index (χ3n) is 2.75. The second kappa shape index (κ2) is 4.16. The minimum atomic E-state index is -0.966. The van der Waals surface area contributed by atoms with Gasteiger partial charge in [0.1, 0.15) is 0 Å². The first-order valence-corrected chi connectivity index (χ1v) is 5.65. The van der Waals surface area contributed by atoms with E-state index in [2.05, 4.69) is 10.1 Å². The number of aromatic nitrogens is 3. The Labute approximate surface area is 99.1 Å². The summed E-state index contributed by atoms with van der Waals surface area (Å²) in [6, 6.07) is 1.82. The summed E-state index contributed by atoms with van der Waals surface area (Å²) in [5.41, 5.74) is 2.35. The van der Waals surface area contributed by atoms with Crippen molar-refractivity contribution >= 4 is 11.6 Å². The molecule has 0 spiro atoms. The van der Waals surface area contributed by atoms with Crippen molar-refractivity contribution in [2.75, 3.05) is 0 Å². The van der Waals surface area contributed by atoms with Gasteiger partial charge in [-0.2, -0.15) is 5.10 Å². The Balaban J connectivity index is 2.78. The van der Waals surface area contributed by atoms with Crippen molar-refractivity contribution in [2.45, 2.75) is 33.1 Å². The van der Waals surface area contributed by atoms with E-state index in [1.165, 1.54) is 4.52 Å². The Bertz CT molecular complexity index is 572. The van der Waals surface area contributed by atoms with Crippen molar-refractivity contribution in [1.82, 2.24) is 14.6 Å². The standard InChI is InChI=1S/C12H15N3O2/c1-4-8-5-10-13-6-9(7(2)3)11(12(16)17)15(10)14-8/h5-7H,4H2,1-3H3,(H,16,17).